The number of aromatic nitrogens is 6. The summed E-state index contributed by atoms with van der Waals surface area (Å²) in [5, 5.41) is 27.7. The van der Waals surface area contributed by atoms with Gasteiger partial charge in [-0.3, -0.25) is 9.48 Å². The van der Waals surface area contributed by atoms with Gasteiger partial charge in [-0.25, -0.2) is 23.3 Å². The van der Waals surface area contributed by atoms with E-state index in [1.807, 2.05) is 59.5 Å². The summed E-state index contributed by atoms with van der Waals surface area (Å²) >= 11 is 0. The van der Waals surface area contributed by atoms with Crippen LogP contribution in [-0.4, -0.2) is 54.7 Å². The number of anilines is 1. The second-order valence-electron chi connectivity index (χ2n) is 12.3. The van der Waals surface area contributed by atoms with Gasteiger partial charge in [0.2, 0.25) is 0 Å². The molecule has 0 spiro atoms. The fourth-order valence-electron chi connectivity index (χ4n) is 6.15. The Morgan fingerprint density at radius 3 is 2.15 bits per heavy atom. The first kappa shape index (κ1) is 35.3. The molecule has 14 heteroatoms. The van der Waals surface area contributed by atoms with Gasteiger partial charge in [0.15, 0.2) is 17.3 Å². The summed E-state index contributed by atoms with van der Waals surface area (Å²) in [5.41, 5.74) is 3.64. The van der Waals surface area contributed by atoms with E-state index in [2.05, 4.69) is 5.10 Å². The zero-order valence-corrected chi connectivity index (χ0v) is 29.1. The summed E-state index contributed by atoms with van der Waals surface area (Å²) < 4.78 is 44.8. The van der Waals surface area contributed by atoms with Crippen molar-refractivity contribution in [1.82, 2.24) is 29.4 Å². The van der Waals surface area contributed by atoms with Crippen molar-refractivity contribution in [2.45, 2.75) is 26.1 Å². The normalized spacial score (nSPS) is 11.0. The van der Waals surface area contributed by atoms with Gasteiger partial charge in [0.25, 0.3) is 0 Å². The van der Waals surface area contributed by atoms with Crippen LogP contribution in [0.25, 0.3) is 28.0 Å². The molecular weight excluding hydrogens is 694 g/mol. The zero-order chi connectivity index (χ0) is 37.8. The Bertz CT molecular complexity index is 2460. The molecule has 1 N–H and O–H groups in total. The van der Waals surface area contributed by atoms with Gasteiger partial charge >= 0.3 is 5.97 Å². The van der Waals surface area contributed by atoms with Gasteiger partial charge < -0.3 is 19.5 Å². The van der Waals surface area contributed by atoms with E-state index in [1.54, 1.807) is 38.5 Å². The lowest BCUT2D eigenvalue weighted by Gasteiger charge is -2.25. The van der Waals surface area contributed by atoms with E-state index in [0.29, 0.717) is 47.2 Å². The van der Waals surface area contributed by atoms with Crippen molar-refractivity contribution < 1.29 is 28.2 Å². The number of ether oxygens (including phenoxy) is 2. The van der Waals surface area contributed by atoms with Crippen molar-refractivity contribution in [3.8, 4) is 40.0 Å². The van der Waals surface area contributed by atoms with Crippen LogP contribution >= 0.6 is 0 Å². The molecule has 0 saturated heterocycles. The molecule has 0 aliphatic rings. The van der Waals surface area contributed by atoms with Gasteiger partial charge in [0.1, 0.15) is 35.7 Å². The minimum absolute atomic E-state index is 0.0438. The standard InChI is InChI=1S/C40H32F2N8O4/c1-53-29-13-9-25(10-14-29)20-48(21-26-11-15-30(54-2)16-12-26)39-40-46-36(47-50(40)23-35(45-39)32-7-3-5-27(18-43)38(32)42)17-33-31(6-4-8-34(33)41)28-19-44-49(22-28)24-37(51)52/h3-16,19,22-23H,17,20-21,24H2,1-2H3,(H,51,52). The molecule has 0 fully saturated rings. The molecule has 270 valence electrons. The highest BCUT2D eigenvalue weighted by molar-refractivity contribution is 5.72. The van der Waals surface area contributed by atoms with Gasteiger partial charge in [0.05, 0.1) is 37.9 Å². The predicted octanol–water partition coefficient (Wildman–Crippen LogP) is 6.70. The fraction of sp³-hybridized carbons (Fsp3) is 0.150. The van der Waals surface area contributed by atoms with Crippen LogP contribution in [0, 0.1) is 23.0 Å². The van der Waals surface area contributed by atoms with E-state index in [4.69, 9.17) is 24.5 Å². The van der Waals surface area contributed by atoms with Crippen LogP contribution in [0.2, 0.25) is 0 Å². The number of aliphatic carboxylic acids is 1. The second kappa shape index (κ2) is 15.2. The number of carboxylic acid groups (broad SMARTS) is 1. The third-order valence-corrected chi connectivity index (χ3v) is 8.80. The number of fused-ring (bicyclic) bond motifs is 1. The van der Waals surface area contributed by atoms with Gasteiger partial charge in [-0.15, -0.1) is 0 Å². The van der Waals surface area contributed by atoms with Gasteiger partial charge in [-0.05, 0) is 59.2 Å². The summed E-state index contributed by atoms with van der Waals surface area (Å²) in [5.74, 6) is -0.293. The Labute approximate surface area is 308 Å². The molecule has 0 radical (unpaired) electrons. The molecule has 0 unspecified atom stereocenters. The van der Waals surface area contributed by atoms with Crippen molar-refractivity contribution in [2.75, 3.05) is 19.1 Å². The predicted molar refractivity (Wildman–Crippen MR) is 195 cm³/mol. The van der Waals surface area contributed by atoms with E-state index < -0.39 is 17.6 Å². The van der Waals surface area contributed by atoms with Crippen molar-refractivity contribution in [2.24, 2.45) is 0 Å². The Hall–Kier alpha value is -7.14. The molecule has 3 aromatic heterocycles. The van der Waals surface area contributed by atoms with Crippen LogP contribution in [0.15, 0.2) is 104 Å². The number of rotatable bonds is 13. The smallest absolute Gasteiger partial charge is 0.325 e. The molecule has 0 aliphatic carbocycles. The largest absolute Gasteiger partial charge is 0.497 e. The average Bonchev–Trinajstić information content (AvgIpc) is 3.82. The van der Waals surface area contributed by atoms with Crippen molar-refractivity contribution in [3.05, 3.63) is 143 Å². The lowest BCUT2D eigenvalue weighted by Crippen LogP contribution is -2.24. The average molecular weight is 727 g/mol. The Morgan fingerprint density at radius 2 is 1.52 bits per heavy atom. The third kappa shape index (κ3) is 7.42. The first-order valence-electron chi connectivity index (χ1n) is 16.7. The maximum absolute atomic E-state index is 15.7. The third-order valence-electron chi connectivity index (χ3n) is 8.80. The Morgan fingerprint density at radius 1 is 0.870 bits per heavy atom. The van der Waals surface area contributed by atoms with Gasteiger partial charge in [0, 0.05) is 42.4 Å². The van der Waals surface area contributed by atoms with Crippen LogP contribution < -0.4 is 14.4 Å². The lowest BCUT2D eigenvalue weighted by atomic mass is 9.99. The van der Waals surface area contributed by atoms with Crippen LogP contribution in [0.5, 0.6) is 11.5 Å². The number of hydrogen-bond acceptors (Lipinski definition) is 9. The van der Waals surface area contributed by atoms with Crippen molar-refractivity contribution in [1.29, 1.82) is 5.26 Å². The SMILES string of the molecule is COc1ccc(CN(Cc2ccc(OC)cc2)c2nc(-c3cccc(C#N)c3F)cn3nc(Cc4c(F)cccc4-c4cnn(CC(=O)O)c4)nc23)cc1. The molecule has 4 aromatic carbocycles. The molecule has 7 aromatic rings. The number of benzene rings is 4. The Balaban J connectivity index is 1.37. The zero-order valence-electron chi connectivity index (χ0n) is 29.1. The van der Waals surface area contributed by atoms with E-state index in [1.165, 1.54) is 39.9 Å². The topological polar surface area (TPSA) is 144 Å². The summed E-state index contributed by atoms with van der Waals surface area (Å²) in [6, 6.07) is 26.2. The summed E-state index contributed by atoms with van der Waals surface area (Å²) in [6.45, 7) is 0.351. The van der Waals surface area contributed by atoms with Gasteiger partial charge in [-0.2, -0.15) is 15.5 Å². The fourth-order valence-corrected chi connectivity index (χ4v) is 6.15. The number of methoxy groups -OCH3 is 2. The minimum Gasteiger partial charge on any atom is -0.497 e. The van der Waals surface area contributed by atoms with Crippen LogP contribution in [0.3, 0.4) is 0 Å². The molecule has 12 nitrogen and oxygen atoms in total. The molecule has 54 heavy (non-hydrogen) atoms. The maximum atomic E-state index is 15.7. The highest BCUT2D eigenvalue weighted by atomic mass is 19.1. The van der Waals surface area contributed by atoms with Crippen LogP contribution in [0.4, 0.5) is 14.6 Å². The van der Waals surface area contributed by atoms with Crippen molar-refractivity contribution >= 4 is 17.4 Å². The van der Waals surface area contributed by atoms with E-state index >= 15 is 8.78 Å². The molecule has 0 atom stereocenters. The molecule has 0 aliphatic heterocycles. The number of carbonyl (C=O) groups is 1. The quantitative estimate of drug-likeness (QED) is 0.136. The maximum Gasteiger partial charge on any atom is 0.325 e. The highest BCUT2D eigenvalue weighted by Crippen LogP contribution is 2.32. The van der Waals surface area contributed by atoms with E-state index in [9.17, 15) is 15.2 Å². The number of halogens is 2. The highest BCUT2D eigenvalue weighted by Gasteiger charge is 2.23. The monoisotopic (exact) mass is 726 g/mol. The molecule has 3 heterocycles. The Kier molecular flexibility index (Phi) is 9.94. The van der Waals surface area contributed by atoms with Gasteiger partial charge in [-0.1, -0.05) is 42.5 Å². The number of hydrogen-bond donors (Lipinski definition) is 1. The first-order valence-corrected chi connectivity index (χ1v) is 16.7. The van der Waals surface area contributed by atoms with Crippen LogP contribution in [-0.2, 0) is 30.8 Å². The molecule has 0 saturated carbocycles. The van der Waals surface area contributed by atoms with Crippen molar-refractivity contribution in [3.63, 3.8) is 0 Å². The molecule has 7 rings (SSSR count). The molecule has 0 amide bonds. The second-order valence-corrected chi connectivity index (χ2v) is 12.3. The minimum atomic E-state index is -1.06. The molecule has 0 bridgehead atoms. The summed E-state index contributed by atoms with van der Waals surface area (Å²) in [4.78, 5) is 23.1. The number of carboxylic acids is 1. The summed E-state index contributed by atoms with van der Waals surface area (Å²) in [6.07, 6.45) is 4.51. The van der Waals surface area contributed by atoms with E-state index in [0.717, 1.165) is 11.1 Å². The number of nitrogens with zero attached hydrogens (tertiary/aromatic N) is 8. The van der Waals surface area contributed by atoms with Crippen LogP contribution in [0.1, 0.15) is 28.1 Å². The number of nitriles is 1. The molecular formula is C40H32F2N8O4. The summed E-state index contributed by atoms with van der Waals surface area (Å²) in [7, 11) is 3.19. The lowest BCUT2D eigenvalue weighted by molar-refractivity contribution is -0.137. The van der Waals surface area contributed by atoms with E-state index in [-0.39, 0.29) is 41.2 Å². The first-order chi connectivity index (χ1) is 26.2.